The molecule has 1 aromatic heterocycles. The first-order valence-corrected chi connectivity index (χ1v) is 9.69. The van der Waals surface area contributed by atoms with Crippen LogP contribution in [0.5, 0.6) is 5.75 Å². The average molecular weight is 403 g/mol. The Hall–Kier alpha value is -3.67. The van der Waals surface area contributed by atoms with Gasteiger partial charge in [0.1, 0.15) is 30.5 Å². The van der Waals surface area contributed by atoms with Crippen molar-refractivity contribution in [3.05, 3.63) is 89.5 Å². The first-order valence-electron chi connectivity index (χ1n) is 9.69. The minimum Gasteiger partial charge on any atom is -0.485 e. The quantitative estimate of drug-likeness (QED) is 0.492. The van der Waals surface area contributed by atoms with Gasteiger partial charge in [-0.05, 0) is 61.4 Å². The summed E-state index contributed by atoms with van der Waals surface area (Å²) in [6.45, 7) is 4.28. The summed E-state index contributed by atoms with van der Waals surface area (Å²) in [4.78, 5) is 17.3. The maximum Gasteiger partial charge on any atom is 0.244 e. The monoisotopic (exact) mass is 403 g/mol. The maximum absolute atomic E-state index is 13.4. The lowest BCUT2D eigenvalue weighted by Gasteiger charge is -2.12. The predicted octanol–water partition coefficient (Wildman–Crippen LogP) is 5.01. The van der Waals surface area contributed by atoms with E-state index in [4.69, 9.17) is 4.74 Å². The number of carbonyl (C=O) groups is 1. The van der Waals surface area contributed by atoms with Gasteiger partial charge < -0.3 is 14.6 Å². The van der Waals surface area contributed by atoms with Crippen LogP contribution >= 0.6 is 0 Å². The van der Waals surface area contributed by atoms with E-state index in [0.29, 0.717) is 11.5 Å². The number of fused-ring (bicyclic) bond motifs is 1. The molecule has 5 nitrogen and oxygen atoms in total. The van der Waals surface area contributed by atoms with E-state index in [-0.39, 0.29) is 19.1 Å². The molecule has 0 bridgehead atoms. The molecular weight excluding hydrogens is 381 g/mol. The Balaban J connectivity index is 1.58. The summed E-state index contributed by atoms with van der Waals surface area (Å²) in [5, 5.41) is 2.73. The number of hydrogen-bond acceptors (Lipinski definition) is 3. The van der Waals surface area contributed by atoms with Gasteiger partial charge in [-0.25, -0.2) is 9.37 Å². The molecule has 3 aromatic carbocycles. The van der Waals surface area contributed by atoms with Gasteiger partial charge in [0.05, 0.1) is 11.0 Å². The number of anilines is 1. The molecule has 0 aliphatic rings. The lowest BCUT2D eigenvalue weighted by atomic mass is 10.1. The standard InChI is InChI=1S/C24H22FN3O2/c1-16-10-11-17(2)22(12-16)30-15-23-27-20-8-3-4-9-21(20)28(23)14-24(29)26-19-7-5-6-18(25)13-19/h3-13H,14-15H2,1-2H3,(H,26,29). The zero-order chi connectivity index (χ0) is 21.1. The van der Waals surface area contributed by atoms with E-state index < -0.39 is 5.82 Å². The van der Waals surface area contributed by atoms with Crippen molar-refractivity contribution in [3.63, 3.8) is 0 Å². The van der Waals surface area contributed by atoms with Gasteiger partial charge in [0.15, 0.2) is 0 Å². The van der Waals surface area contributed by atoms with Crippen LogP contribution in [0.4, 0.5) is 10.1 Å². The first kappa shape index (κ1) is 19.6. The van der Waals surface area contributed by atoms with Crippen LogP contribution in [-0.2, 0) is 17.9 Å². The highest BCUT2D eigenvalue weighted by molar-refractivity contribution is 5.91. The molecule has 0 saturated carbocycles. The Labute approximate surface area is 174 Å². The van der Waals surface area contributed by atoms with Crippen molar-refractivity contribution in [2.45, 2.75) is 27.0 Å². The SMILES string of the molecule is Cc1ccc(C)c(OCc2nc3ccccc3n2CC(=O)Nc2cccc(F)c2)c1. The third-order valence-corrected chi connectivity index (χ3v) is 4.84. The summed E-state index contributed by atoms with van der Waals surface area (Å²) >= 11 is 0. The number of ether oxygens (including phenoxy) is 1. The van der Waals surface area contributed by atoms with Crippen molar-refractivity contribution in [3.8, 4) is 5.75 Å². The molecule has 0 fully saturated rings. The smallest absolute Gasteiger partial charge is 0.244 e. The molecule has 0 saturated heterocycles. The van der Waals surface area contributed by atoms with Crippen LogP contribution in [0.15, 0.2) is 66.7 Å². The maximum atomic E-state index is 13.4. The normalized spacial score (nSPS) is 10.9. The second-order valence-corrected chi connectivity index (χ2v) is 7.22. The third kappa shape index (κ3) is 4.33. The molecule has 0 unspecified atom stereocenters. The topological polar surface area (TPSA) is 56.2 Å². The molecular formula is C24H22FN3O2. The van der Waals surface area contributed by atoms with E-state index in [9.17, 15) is 9.18 Å². The highest BCUT2D eigenvalue weighted by Gasteiger charge is 2.15. The fourth-order valence-corrected chi connectivity index (χ4v) is 3.33. The average Bonchev–Trinajstić information content (AvgIpc) is 3.06. The van der Waals surface area contributed by atoms with Gasteiger partial charge in [0.2, 0.25) is 5.91 Å². The molecule has 1 amide bonds. The molecule has 152 valence electrons. The lowest BCUT2D eigenvalue weighted by Crippen LogP contribution is -2.21. The van der Waals surface area contributed by atoms with Crippen LogP contribution in [-0.4, -0.2) is 15.5 Å². The van der Waals surface area contributed by atoms with Crippen molar-refractivity contribution in [1.82, 2.24) is 9.55 Å². The van der Waals surface area contributed by atoms with E-state index >= 15 is 0 Å². The van der Waals surface area contributed by atoms with Crippen molar-refractivity contribution in [2.24, 2.45) is 0 Å². The molecule has 0 atom stereocenters. The molecule has 0 aliphatic carbocycles. The number of carbonyl (C=O) groups excluding carboxylic acids is 1. The summed E-state index contributed by atoms with van der Waals surface area (Å²) in [5.41, 5.74) is 4.19. The number of nitrogens with zero attached hydrogens (tertiary/aromatic N) is 2. The van der Waals surface area contributed by atoms with Gasteiger partial charge in [-0.3, -0.25) is 4.79 Å². The van der Waals surface area contributed by atoms with Crippen molar-refractivity contribution < 1.29 is 13.9 Å². The predicted molar refractivity (Wildman–Crippen MR) is 115 cm³/mol. The number of para-hydroxylation sites is 2. The van der Waals surface area contributed by atoms with E-state index in [2.05, 4.69) is 10.3 Å². The van der Waals surface area contributed by atoms with Gasteiger partial charge in [0, 0.05) is 5.69 Å². The lowest BCUT2D eigenvalue weighted by molar-refractivity contribution is -0.116. The number of imidazole rings is 1. The number of rotatable bonds is 6. The minimum absolute atomic E-state index is 0.0442. The highest BCUT2D eigenvalue weighted by atomic mass is 19.1. The van der Waals surface area contributed by atoms with Crippen LogP contribution in [0.2, 0.25) is 0 Å². The summed E-state index contributed by atoms with van der Waals surface area (Å²) in [6.07, 6.45) is 0. The fourth-order valence-electron chi connectivity index (χ4n) is 3.33. The zero-order valence-electron chi connectivity index (χ0n) is 16.9. The highest BCUT2D eigenvalue weighted by Crippen LogP contribution is 2.22. The van der Waals surface area contributed by atoms with Crippen LogP contribution < -0.4 is 10.1 Å². The number of halogens is 1. The van der Waals surface area contributed by atoms with Crippen LogP contribution in [0.3, 0.4) is 0 Å². The Bertz CT molecular complexity index is 1220. The second kappa shape index (κ2) is 8.37. The Morgan fingerprint density at radius 3 is 2.73 bits per heavy atom. The number of nitrogens with one attached hydrogen (secondary N) is 1. The van der Waals surface area contributed by atoms with Crippen molar-refractivity contribution in [2.75, 3.05) is 5.32 Å². The molecule has 1 N–H and O–H groups in total. The summed E-state index contributed by atoms with van der Waals surface area (Å²) in [6, 6.07) is 19.5. The van der Waals surface area contributed by atoms with Gasteiger partial charge in [-0.15, -0.1) is 0 Å². The van der Waals surface area contributed by atoms with E-state index in [1.807, 2.05) is 60.9 Å². The van der Waals surface area contributed by atoms with Crippen LogP contribution in [0, 0.1) is 19.7 Å². The van der Waals surface area contributed by atoms with Gasteiger partial charge in [-0.1, -0.05) is 30.3 Å². The summed E-state index contributed by atoms with van der Waals surface area (Å²) < 4.78 is 21.3. The largest absolute Gasteiger partial charge is 0.485 e. The third-order valence-electron chi connectivity index (χ3n) is 4.84. The van der Waals surface area contributed by atoms with Gasteiger partial charge >= 0.3 is 0 Å². The van der Waals surface area contributed by atoms with Crippen molar-refractivity contribution >= 4 is 22.6 Å². The molecule has 0 aliphatic heterocycles. The van der Waals surface area contributed by atoms with Gasteiger partial charge in [-0.2, -0.15) is 0 Å². The Kier molecular flexibility index (Phi) is 5.48. The van der Waals surface area contributed by atoms with E-state index in [1.165, 1.54) is 12.1 Å². The molecule has 6 heteroatoms. The first-order chi connectivity index (χ1) is 14.5. The van der Waals surface area contributed by atoms with E-state index in [0.717, 1.165) is 27.9 Å². The fraction of sp³-hybridized carbons (Fsp3) is 0.167. The van der Waals surface area contributed by atoms with Gasteiger partial charge in [0.25, 0.3) is 0 Å². The summed E-state index contributed by atoms with van der Waals surface area (Å²) in [5.74, 6) is 0.768. The number of benzene rings is 3. The second-order valence-electron chi connectivity index (χ2n) is 7.22. The number of aryl methyl sites for hydroxylation is 2. The van der Waals surface area contributed by atoms with E-state index in [1.54, 1.807) is 12.1 Å². The number of amides is 1. The zero-order valence-corrected chi connectivity index (χ0v) is 16.9. The molecule has 1 heterocycles. The Morgan fingerprint density at radius 2 is 1.90 bits per heavy atom. The Morgan fingerprint density at radius 1 is 1.07 bits per heavy atom. The number of hydrogen-bond donors (Lipinski definition) is 1. The molecule has 0 spiro atoms. The molecule has 30 heavy (non-hydrogen) atoms. The minimum atomic E-state index is -0.400. The summed E-state index contributed by atoms with van der Waals surface area (Å²) in [7, 11) is 0. The van der Waals surface area contributed by atoms with Crippen LogP contribution in [0.25, 0.3) is 11.0 Å². The molecule has 4 aromatic rings. The number of aromatic nitrogens is 2. The molecule has 4 rings (SSSR count). The van der Waals surface area contributed by atoms with Crippen molar-refractivity contribution in [1.29, 1.82) is 0 Å². The molecule has 0 radical (unpaired) electrons. The van der Waals surface area contributed by atoms with Crippen LogP contribution in [0.1, 0.15) is 17.0 Å².